The summed E-state index contributed by atoms with van der Waals surface area (Å²) in [6, 6.07) is 5.73. The maximum atomic E-state index is 5.93. The first kappa shape index (κ1) is 10.7. The summed E-state index contributed by atoms with van der Waals surface area (Å²) in [5, 5.41) is 0.681. The number of anilines is 1. The second-order valence-corrected chi connectivity index (χ2v) is 4.60. The monoisotopic (exact) mass is 240 g/mol. The molecule has 0 unspecified atom stereocenters. The second-order valence-electron chi connectivity index (χ2n) is 3.72. The van der Waals surface area contributed by atoms with Crippen molar-refractivity contribution in [2.24, 2.45) is 5.73 Å². The first-order valence-corrected chi connectivity index (χ1v) is 5.81. The van der Waals surface area contributed by atoms with Gasteiger partial charge in [0.2, 0.25) is 0 Å². The molecule has 1 aliphatic heterocycles. The highest BCUT2D eigenvalue weighted by molar-refractivity contribution is 7.80. The van der Waals surface area contributed by atoms with Crippen molar-refractivity contribution in [3.05, 3.63) is 28.8 Å². The van der Waals surface area contributed by atoms with E-state index in [2.05, 4.69) is 4.90 Å². The van der Waals surface area contributed by atoms with E-state index in [0.29, 0.717) is 10.0 Å². The molecule has 0 radical (unpaired) electrons. The number of nitrogens with zero attached hydrogens (tertiary/aromatic N) is 1. The average Bonchev–Trinajstić information content (AvgIpc) is 2.70. The van der Waals surface area contributed by atoms with Crippen molar-refractivity contribution in [3.8, 4) is 0 Å². The lowest BCUT2D eigenvalue weighted by Crippen LogP contribution is -2.22. The van der Waals surface area contributed by atoms with Crippen molar-refractivity contribution in [1.29, 1.82) is 0 Å². The standard InChI is InChI=1S/C11H13ClN2S/c12-8-3-4-10(9(7-8)11(13)15)14-5-1-2-6-14/h3-4,7H,1-2,5-6H2,(H2,13,15). The van der Waals surface area contributed by atoms with Crippen molar-refractivity contribution in [1.82, 2.24) is 0 Å². The van der Waals surface area contributed by atoms with Crippen molar-refractivity contribution in [2.75, 3.05) is 18.0 Å². The first-order chi connectivity index (χ1) is 7.18. The van der Waals surface area contributed by atoms with Gasteiger partial charge in [-0.3, -0.25) is 0 Å². The fourth-order valence-corrected chi connectivity index (χ4v) is 2.28. The topological polar surface area (TPSA) is 29.3 Å². The molecule has 4 heteroatoms. The highest BCUT2D eigenvalue weighted by atomic mass is 35.5. The molecule has 0 aromatic heterocycles. The van der Waals surface area contributed by atoms with E-state index in [-0.39, 0.29) is 0 Å². The second kappa shape index (κ2) is 4.37. The van der Waals surface area contributed by atoms with Gasteiger partial charge in [-0.05, 0) is 31.0 Å². The van der Waals surface area contributed by atoms with Gasteiger partial charge >= 0.3 is 0 Å². The van der Waals surface area contributed by atoms with Crippen LogP contribution in [0.4, 0.5) is 5.69 Å². The van der Waals surface area contributed by atoms with Gasteiger partial charge < -0.3 is 10.6 Å². The molecule has 1 saturated heterocycles. The minimum Gasteiger partial charge on any atom is -0.389 e. The third-order valence-electron chi connectivity index (χ3n) is 2.67. The number of thiocarbonyl (C=S) groups is 1. The number of rotatable bonds is 2. The molecule has 2 N–H and O–H groups in total. The molecule has 0 amide bonds. The maximum Gasteiger partial charge on any atom is 0.106 e. The minimum atomic E-state index is 0.416. The third kappa shape index (κ3) is 2.24. The molecule has 1 aliphatic rings. The molecule has 0 spiro atoms. The van der Waals surface area contributed by atoms with E-state index in [1.165, 1.54) is 12.8 Å². The number of halogens is 1. The minimum absolute atomic E-state index is 0.416. The van der Waals surface area contributed by atoms with Crippen molar-refractivity contribution >= 4 is 34.5 Å². The summed E-state index contributed by atoms with van der Waals surface area (Å²) in [5.41, 5.74) is 7.70. The maximum absolute atomic E-state index is 5.93. The Bertz CT molecular complexity index is 386. The molecule has 0 atom stereocenters. The largest absolute Gasteiger partial charge is 0.389 e. The van der Waals surface area contributed by atoms with Gasteiger partial charge in [0.05, 0.1) is 0 Å². The number of hydrogen-bond donors (Lipinski definition) is 1. The predicted octanol–water partition coefficient (Wildman–Crippen LogP) is 2.57. The summed E-state index contributed by atoms with van der Waals surface area (Å²) in [5.74, 6) is 0. The average molecular weight is 241 g/mol. The van der Waals surface area contributed by atoms with Gasteiger partial charge in [-0.15, -0.1) is 0 Å². The van der Waals surface area contributed by atoms with E-state index < -0.39 is 0 Å². The molecule has 15 heavy (non-hydrogen) atoms. The Morgan fingerprint density at radius 3 is 2.60 bits per heavy atom. The Kier molecular flexibility index (Phi) is 3.12. The Morgan fingerprint density at radius 2 is 2.00 bits per heavy atom. The van der Waals surface area contributed by atoms with Crippen LogP contribution >= 0.6 is 23.8 Å². The van der Waals surface area contributed by atoms with E-state index in [0.717, 1.165) is 24.3 Å². The Labute approximate surface area is 100 Å². The van der Waals surface area contributed by atoms with Crippen LogP contribution in [0.2, 0.25) is 5.02 Å². The molecular weight excluding hydrogens is 228 g/mol. The summed E-state index contributed by atoms with van der Waals surface area (Å²) in [4.78, 5) is 2.73. The van der Waals surface area contributed by atoms with E-state index in [1.54, 1.807) is 0 Å². The normalized spacial score (nSPS) is 15.7. The molecule has 0 saturated carbocycles. The molecule has 1 fully saturated rings. The van der Waals surface area contributed by atoms with Gasteiger partial charge in [-0.1, -0.05) is 23.8 Å². The van der Waals surface area contributed by atoms with Gasteiger partial charge in [-0.2, -0.15) is 0 Å². The van der Waals surface area contributed by atoms with Crippen LogP contribution in [-0.2, 0) is 0 Å². The Balaban J connectivity index is 2.40. The molecule has 1 heterocycles. The highest BCUT2D eigenvalue weighted by Crippen LogP contribution is 2.27. The van der Waals surface area contributed by atoms with Gasteiger partial charge in [0.25, 0.3) is 0 Å². The van der Waals surface area contributed by atoms with Gasteiger partial charge in [0.1, 0.15) is 4.99 Å². The van der Waals surface area contributed by atoms with Crippen LogP contribution in [0.5, 0.6) is 0 Å². The molecule has 0 bridgehead atoms. The van der Waals surface area contributed by atoms with Crippen LogP contribution in [0.1, 0.15) is 18.4 Å². The predicted molar refractivity (Wildman–Crippen MR) is 68.8 cm³/mol. The zero-order valence-electron chi connectivity index (χ0n) is 8.37. The number of benzene rings is 1. The smallest absolute Gasteiger partial charge is 0.106 e. The molecule has 0 aliphatic carbocycles. The van der Waals surface area contributed by atoms with Gasteiger partial charge in [-0.25, -0.2) is 0 Å². The van der Waals surface area contributed by atoms with E-state index in [9.17, 15) is 0 Å². The number of hydrogen-bond acceptors (Lipinski definition) is 2. The van der Waals surface area contributed by atoms with Crippen molar-refractivity contribution in [3.63, 3.8) is 0 Å². The molecule has 1 aromatic carbocycles. The molecular formula is C11H13ClN2S. The molecule has 1 aromatic rings. The van der Waals surface area contributed by atoms with Crippen LogP contribution in [0, 0.1) is 0 Å². The third-order valence-corrected chi connectivity index (χ3v) is 3.13. The number of nitrogens with two attached hydrogens (primary N) is 1. The van der Waals surface area contributed by atoms with Crippen LogP contribution in [0.15, 0.2) is 18.2 Å². The lowest BCUT2D eigenvalue weighted by molar-refractivity contribution is 0.949. The fourth-order valence-electron chi connectivity index (χ4n) is 1.94. The fraction of sp³-hybridized carbons (Fsp3) is 0.364. The zero-order chi connectivity index (χ0) is 10.8. The summed E-state index contributed by atoms with van der Waals surface area (Å²) < 4.78 is 0. The summed E-state index contributed by atoms with van der Waals surface area (Å²) in [7, 11) is 0. The van der Waals surface area contributed by atoms with E-state index in [4.69, 9.17) is 29.6 Å². The zero-order valence-corrected chi connectivity index (χ0v) is 9.94. The van der Waals surface area contributed by atoms with Gasteiger partial charge in [0, 0.05) is 29.4 Å². The molecule has 2 rings (SSSR count). The first-order valence-electron chi connectivity index (χ1n) is 5.03. The van der Waals surface area contributed by atoms with Crippen LogP contribution < -0.4 is 10.6 Å². The summed E-state index contributed by atoms with van der Waals surface area (Å²) in [6.07, 6.45) is 2.47. The van der Waals surface area contributed by atoms with Crippen LogP contribution in [-0.4, -0.2) is 18.1 Å². The van der Waals surface area contributed by atoms with E-state index >= 15 is 0 Å². The highest BCUT2D eigenvalue weighted by Gasteiger charge is 2.16. The lowest BCUT2D eigenvalue weighted by atomic mass is 10.1. The molecule has 2 nitrogen and oxygen atoms in total. The molecule has 80 valence electrons. The lowest BCUT2D eigenvalue weighted by Gasteiger charge is -2.21. The van der Waals surface area contributed by atoms with Crippen LogP contribution in [0.25, 0.3) is 0 Å². The van der Waals surface area contributed by atoms with Crippen molar-refractivity contribution < 1.29 is 0 Å². The Hall–Kier alpha value is -0.800. The van der Waals surface area contributed by atoms with Crippen molar-refractivity contribution in [2.45, 2.75) is 12.8 Å². The Morgan fingerprint density at radius 1 is 1.33 bits per heavy atom. The van der Waals surface area contributed by atoms with Gasteiger partial charge in [0.15, 0.2) is 0 Å². The van der Waals surface area contributed by atoms with E-state index in [1.807, 2.05) is 18.2 Å². The van der Waals surface area contributed by atoms with Crippen LogP contribution in [0.3, 0.4) is 0 Å². The summed E-state index contributed by atoms with van der Waals surface area (Å²) >= 11 is 11.0. The quantitative estimate of drug-likeness (QED) is 0.806. The SMILES string of the molecule is NC(=S)c1cc(Cl)ccc1N1CCCC1. The summed E-state index contributed by atoms with van der Waals surface area (Å²) in [6.45, 7) is 2.16.